The van der Waals surface area contributed by atoms with Gasteiger partial charge in [0.15, 0.2) is 0 Å². The molecule has 1 unspecified atom stereocenters. The molecule has 0 saturated carbocycles. The van der Waals surface area contributed by atoms with Crippen LogP contribution >= 0.6 is 0 Å². The lowest BCUT2D eigenvalue weighted by Crippen LogP contribution is -2.41. The van der Waals surface area contributed by atoms with E-state index in [2.05, 4.69) is 10.6 Å². The van der Waals surface area contributed by atoms with Crippen LogP contribution in [0.25, 0.3) is 0 Å². The van der Waals surface area contributed by atoms with Crippen molar-refractivity contribution in [3.8, 4) is 0 Å². The molecule has 7 heteroatoms. The molecule has 1 saturated heterocycles. The summed E-state index contributed by atoms with van der Waals surface area (Å²) in [6.07, 6.45) is 1.78. The Labute approximate surface area is 89.2 Å². The number of rotatable bonds is 4. The van der Waals surface area contributed by atoms with E-state index in [0.717, 1.165) is 19.4 Å². The highest BCUT2D eigenvalue weighted by molar-refractivity contribution is 7.85. The summed E-state index contributed by atoms with van der Waals surface area (Å²) < 4.78 is 29.2. The molecule has 1 fully saturated rings. The molecule has 15 heavy (non-hydrogen) atoms. The first-order valence-electron chi connectivity index (χ1n) is 4.92. The van der Waals surface area contributed by atoms with E-state index in [9.17, 15) is 13.2 Å². The fraction of sp³-hybridized carbons (Fsp3) is 0.875. The largest absolute Gasteiger partial charge is 0.355 e. The Morgan fingerprint density at radius 2 is 2.27 bits per heavy atom. The van der Waals surface area contributed by atoms with E-state index >= 15 is 0 Å². The molecule has 3 N–H and O–H groups in total. The van der Waals surface area contributed by atoms with E-state index in [0.29, 0.717) is 6.54 Å². The fourth-order valence-electron chi connectivity index (χ4n) is 1.52. The monoisotopic (exact) mass is 236 g/mol. The van der Waals surface area contributed by atoms with Gasteiger partial charge in [0.05, 0.1) is 11.7 Å². The zero-order chi connectivity index (χ0) is 11.3. The van der Waals surface area contributed by atoms with Gasteiger partial charge in [0.1, 0.15) is 0 Å². The lowest BCUT2D eigenvalue weighted by atomic mass is 9.99. The van der Waals surface area contributed by atoms with Crippen molar-refractivity contribution in [2.75, 3.05) is 25.4 Å². The Balaban J connectivity index is 2.23. The van der Waals surface area contributed by atoms with Crippen molar-refractivity contribution in [1.82, 2.24) is 10.6 Å². The van der Waals surface area contributed by atoms with E-state index in [1.807, 2.05) is 0 Å². The van der Waals surface area contributed by atoms with Gasteiger partial charge in [-0.3, -0.25) is 9.35 Å². The second-order valence-electron chi connectivity index (χ2n) is 3.62. The molecule has 1 aliphatic rings. The molecular formula is C8H16N2O4S. The molecular weight excluding hydrogens is 220 g/mol. The number of nitrogens with one attached hydrogen (secondary N) is 2. The number of carbonyl (C=O) groups is 1. The van der Waals surface area contributed by atoms with Gasteiger partial charge >= 0.3 is 0 Å². The first-order valence-corrected chi connectivity index (χ1v) is 6.53. The van der Waals surface area contributed by atoms with Gasteiger partial charge < -0.3 is 10.6 Å². The Kier molecular flexibility index (Phi) is 4.49. The number of carbonyl (C=O) groups excluding carboxylic acids is 1. The molecule has 0 bridgehead atoms. The molecule has 1 rings (SSSR count). The summed E-state index contributed by atoms with van der Waals surface area (Å²) in [4.78, 5) is 11.5. The highest BCUT2D eigenvalue weighted by Crippen LogP contribution is 2.09. The van der Waals surface area contributed by atoms with Crippen LogP contribution in [0.2, 0.25) is 0 Å². The summed E-state index contributed by atoms with van der Waals surface area (Å²) in [6.45, 7) is 1.53. The van der Waals surface area contributed by atoms with Crippen molar-refractivity contribution in [3.63, 3.8) is 0 Å². The topological polar surface area (TPSA) is 95.5 Å². The van der Waals surface area contributed by atoms with Gasteiger partial charge in [0, 0.05) is 13.1 Å². The Hall–Kier alpha value is -0.660. The first kappa shape index (κ1) is 12.4. The minimum Gasteiger partial charge on any atom is -0.355 e. The first-order chi connectivity index (χ1) is 6.99. The average Bonchev–Trinajstić information content (AvgIpc) is 2.17. The summed E-state index contributed by atoms with van der Waals surface area (Å²) in [7, 11) is -3.98. The molecule has 1 heterocycles. The van der Waals surface area contributed by atoms with E-state index in [-0.39, 0.29) is 18.4 Å². The van der Waals surface area contributed by atoms with E-state index in [1.54, 1.807) is 0 Å². The lowest BCUT2D eigenvalue weighted by Gasteiger charge is -2.21. The van der Waals surface area contributed by atoms with E-state index in [1.165, 1.54) is 0 Å². The summed E-state index contributed by atoms with van der Waals surface area (Å²) in [5, 5.41) is 5.58. The molecule has 0 spiro atoms. The van der Waals surface area contributed by atoms with Crippen molar-refractivity contribution in [3.05, 3.63) is 0 Å². The predicted molar refractivity (Wildman–Crippen MR) is 55.0 cm³/mol. The molecule has 0 aromatic carbocycles. The summed E-state index contributed by atoms with van der Waals surface area (Å²) in [6, 6.07) is 0. The lowest BCUT2D eigenvalue weighted by molar-refractivity contribution is -0.125. The van der Waals surface area contributed by atoms with Crippen molar-refractivity contribution in [1.29, 1.82) is 0 Å². The van der Waals surface area contributed by atoms with Crippen LogP contribution in [0, 0.1) is 5.92 Å². The molecule has 1 atom stereocenters. The minimum atomic E-state index is -3.98. The third-order valence-corrected chi connectivity index (χ3v) is 3.05. The van der Waals surface area contributed by atoms with Crippen LogP contribution in [-0.2, 0) is 14.9 Å². The summed E-state index contributed by atoms with van der Waals surface area (Å²) in [5.74, 6) is -0.662. The van der Waals surface area contributed by atoms with Crippen LogP contribution in [0.4, 0.5) is 0 Å². The van der Waals surface area contributed by atoms with Crippen molar-refractivity contribution >= 4 is 16.0 Å². The number of piperidine rings is 1. The molecule has 1 amide bonds. The molecule has 88 valence electrons. The number of amides is 1. The maximum atomic E-state index is 11.5. The number of hydrogen-bond donors (Lipinski definition) is 3. The Morgan fingerprint density at radius 1 is 1.53 bits per heavy atom. The van der Waals surface area contributed by atoms with Crippen molar-refractivity contribution < 1.29 is 17.8 Å². The molecule has 0 aliphatic carbocycles. The smallest absolute Gasteiger partial charge is 0.266 e. The standard InChI is InChI=1S/C8H16N2O4S/c11-8(7-2-1-3-9-6-7)10-4-5-15(12,13)14/h7,9H,1-6H2,(H,10,11)(H,12,13,14). The van der Waals surface area contributed by atoms with Gasteiger partial charge in [0.25, 0.3) is 10.1 Å². The van der Waals surface area contributed by atoms with Crippen LogP contribution in [0.1, 0.15) is 12.8 Å². The second-order valence-corrected chi connectivity index (χ2v) is 5.19. The number of hydrogen-bond acceptors (Lipinski definition) is 4. The fourth-order valence-corrected chi connectivity index (χ4v) is 1.88. The highest BCUT2D eigenvalue weighted by Gasteiger charge is 2.20. The van der Waals surface area contributed by atoms with Crippen molar-refractivity contribution in [2.45, 2.75) is 12.8 Å². The average molecular weight is 236 g/mol. The zero-order valence-corrected chi connectivity index (χ0v) is 9.22. The minimum absolute atomic E-state index is 0.0336. The van der Waals surface area contributed by atoms with Gasteiger partial charge in [-0.15, -0.1) is 0 Å². The SMILES string of the molecule is O=C(NCCS(=O)(=O)O)C1CCCNC1. The normalized spacial score (nSPS) is 22.3. The maximum Gasteiger partial charge on any atom is 0.266 e. The highest BCUT2D eigenvalue weighted by atomic mass is 32.2. The zero-order valence-electron chi connectivity index (χ0n) is 8.40. The van der Waals surface area contributed by atoms with Crippen LogP contribution in [0.15, 0.2) is 0 Å². The maximum absolute atomic E-state index is 11.5. The Morgan fingerprint density at radius 3 is 2.80 bits per heavy atom. The van der Waals surface area contributed by atoms with Gasteiger partial charge in [-0.2, -0.15) is 8.42 Å². The second kappa shape index (κ2) is 5.43. The molecule has 0 radical (unpaired) electrons. The molecule has 1 aliphatic heterocycles. The molecule has 6 nitrogen and oxygen atoms in total. The quantitative estimate of drug-likeness (QED) is 0.544. The third-order valence-electron chi connectivity index (χ3n) is 2.33. The molecule has 0 aromatic heterocycles. The van der Waals surface area contributed by atoms with Crippen LogP contribution < -0.4 is 10.6 Å². The Bertz CT molecular complexity index is 309. The van der Waals surface area contributed by atoms with Crippen molar-refractivity contribution in [2.24, 2.45) is 5.92 Å². The predicted octanol–water partition coefficient (Wildman–Crippen LogP) is -1.01. The van der Waals surface area contributed by atoms with Gasteiger partial charge in [-0.25, -0.2) is 0 Å². The van der Waals surface area contributed by atoms with Gasteiger partial charge in [-0.1, -0.05) is 0 Å². The summed E-state index contributed by atoms with van der Waals surface area (Å²) in [5.41, 5.74) is 0. The van der Waals surface area contributed by atoms with E-state index < -0.39 is 15.9 Å². The summed E-state index contributed by atoms with van der Waals surface area (Å²) >= 11 is 0. The third kappa shape index (κ3) is 5.10. The van der Waals surface area contributed by atoms with Crippen LogP contribution in [-0.4, -0.2) is 44.3 Å². The molecule has 0 aromatic rings. The van der Waals surface area contributed by atoms with Gasteiger partial charge in [0.2, 0.25) is 5.91 Å². The van der Waals surface area contributed by atoms with E-state index in [4.69, 9.17) is 4.55 Å². The van der Waals surface area contributed by atoms with Crippen LogP contribution in [0.5, 0.6) is 0 Å². The van der Waals surface area contributed by atoms with Crippen LogP contribution in [0.3, 0.4) is 0 Å². The van der Waals surface area contributed by atoms with Gasteiger partial charge in [-0.05, 0) is 19.4 Å².